The molecule has 0 bridgehead atoms. The number of benzene rings is 1. The first-order valence-corrected chi connectivity index (χ1v) is 4.81. The van der Waals surface area contributed by atoms with Crippen molar-refractivity contribution in [2.45, 2.75) is 13.8 Å². The van der Waals surface area contributed by atoms with Crippen molar-refractivity contribution >= 4 is 23.0 Å². The molecule has 0 unspecified atom stereocenters. The molecule has 0 aliphatic heterocycles. The summed E-state index contributed by atoms with van der Waals surface area (Å²) in [5.74, 6) is 0.187. The molecule has 0 saturated carbocycles. The molecule has 0 aliphatic carbocycles. The third-order valence-electron chi connectivity index (χ3n) is 1.88. The van der Waals surface area contributed by atoms with Gasteiger partial charge in [0.2, 0.25) is 0 Å². The second-order valence-electron chi connectivity index (χ2n) is 3.19. The molecule has 5 heteroatoms. The van der Waals surface area contributed by atoms with Gasteiger partial charge in [-0.1, -0.05) is 11.6 Å². The third-order valence-corrected chi connectivity index (χ3v) is 1.97. The summed E-state index contributed by atoms with van der Waals surface area (Å²) in [5.41, 5.74) is 10.1. The normalized spacial score (nSPS) is 11.2. The van der Waals surface area contributed by atoms with E-state index in [4.69, 9.17) is 5.73 Å². The Balaban J connectivity index is 2.99. The molecule has 0 atom stereocenters. The average molecular weight is 223 g/mol. The summed E-state index contributed by atoms with van der Waals surface area (Å²) in [5, 5.41) is 13.6. The van der Waals surface area contributed by atoms with Gasteiger partial charge in [-0.3, -0.25) is 5.43 Å². The Morgan fingerprint density at radius 3 is 2.80 bits per heavy atom. The van der Waals surface area contributed by atoms with Crippen molar-refractivity contribution < 1.29 is 5.11 Å². The Bertz CT molecular complexity index is 415. The van der Waals surface area contributed by atoms with E-state index in [0.29, 0.717) is 11.3 Å². The highest BCUT2D eigenvalue weighted by Crippen LogP contribution is 2.18. The first-order valence-electron chi connectivity index (χ1n) is 4.40. The van der Waals surface area contributed by atoms with E-state index >= 15 is 0 Å². The zero-order valence-corrected chi connectivity index (χ0v) is 9.43. The molecular weight excluding hydrogens is 210 g/mol. The number of nitrogens with zero attached hydrogens (tertiary/aromatic N) is 1. The minimum Gasteiger partial charge on any atom is -0.507 e. The molecule has 0 saturated heterocycles. The summed E-state index contributed by atoms with van der Waals surface area (Å²) in [6.07, 6.45) is 0. The smallest absolute Gasteiger partial charge is 0.184 e. The predicted octanol–water partition coefficient (Wildman–Crippen LogP) is 1.26. The van der Waals surface area contributed by atoms with Crippen molar-refractivity contribution in [3.8, 4) is 5.75 Å². The SMILES string of the molecule is C/C(=N/NC(N)=S)c1cc(C)ccc1O. The fourth-order valence-electron chi connectivity index (χ4n) is 1.14. The molecule has 1 aromatic carbocycles. The van der Waals surface area contributed by atoms with E-state index in [2.05, 4.69) is 22.7 Å². The number of aromatic hydroxyl groups is 1. The number of phenols is 1. The van der Waals surface area contributed by atoms with Crippen molar-refractivity contribution in [3.63, 3.8) is 0 Å². The quantitative estimate of drug-likeness (QED) is 0.401. The largest absolute Gasteiger partial charge is 0.507 e. The number of hydrogen-bond donors (Lipinski definition) is 3. The summed E-state index contributed by atoms with van der Waals surface area (Å²) in [6, 6.07) is 5.30. The van der Waals surface area contributed by atoms with Crippen molar-refractivity contribution in [1.29, 1.82) is 0 Å². The van der Waals surface area contributed by atoms with E-state index in [1.54, 1.807) is 13.0 Å². The lowest BCUT2D eigenvalue weighted by atomic mass is 10.1. The molecule has 0 fully saturated rings. The van der Waals surface area contributed by atoms with Crippen molar-refractivity contribution in [2.24, 2.45) is 10.8 Å². The summed E-state index contributed by atoms with van der Waals surface area (Å²) >= 11 is 4.62. The van der Waals surface area contributed by atoms with Gasteiger partial charge in [0, 0.05) is 5.56 Å². The summed E-state index contributed by atoms with van der Waals surface area (Å²) in [6.45, 7) is 3.71. The Hall–Kier alpha value is -1.62. The lowest BCUT2D eigenvalue weighted by Gasteiger charge is -2.05. The number of aryl methyl sites for hydroxylation is 1. The summed E-state index contributed by atoms with van der Waals surface area (Å²) in [4.78, 5) is 0. The lowest BCUT2D eigenvalue weighted by Crippen LogP contribution is -2.25. The second-order valence-corrected chi connectivity index (χ2v) is 3.63. The maximum atomic E-state index is 9.60. The average Bonchev–Trinajstić information content (AvgIpc) is 2.18. The summed E-state index contributed by atoms with van der Waals surface area (Å²) < 4.78 is 0. The molecule has 0 spiro atoms. The van der Waals surface area contributed by atoms with Gasteiger partial charge in [-0.05, 0) is 38.2 Å². The van der Waals surface area contributed by atoms with E-state index in [1.165, 1.54) is 0 Å². The predicted molar refractivity (Wildman–Crippen MR) is 65.0 cm³/mol. The number of hydrogen-bond acceptors (Lipinski definition) is 3. The number of nitrogens with two attached hydrogens (primary N) is 1. The Kier molecular flexibility index (Phi) is 3.62. The van der Waals surface area contributed by atoms with Gasteiger partial charge in [0.05, 0.1) is 5.71 Å². The molecule has 1 rings (SSSR count). The highest BCUT2D eigenvalue weighted by atomic mass is 32.1. The zero-order chi connectivity index (χ0) is 11.4. The summed E-state index contributed by atoms with van der Waals surface area (Å²) in [7, 11) is 0. The molecule has 1 aromatic rings. The van der Waals surface area contributed by atoms with Crippen LogP contribution in [0.2, 0.25) is 0 Å². The van der Waals surface area contributed by atoms with Crippen LogP contribution in [-0.2, 0) is 0 Å². The Morgan fingerprint density at radius 1 is 1.53 bits per heavy atom. The number of nitrogens with one attached hydrogen (secondary N) is 1. The van der Waals surface area contributed by atoms with Gasteiger partial charge in [0.1, 0.15) is 5.75 Å². The Labute approximate surface area is 93.8 Å². The minimum atomic E-state index is 0.0986. The molecule has 0 aromatic heterocycles. The Morgan fingerprint density at radius 2 is 2.20 bits per heavy atom. The van der Waals surface area contributed by atoms with E-state index in [0.717, 1.165) is 5.56 Å². The van der Waals surface area contributed by atoms with Gasteiger partial charge < -0.3 is 10.8 Å². The van der Waals surface area contributed by atoms with Gasteiger partial charge >= 0.3 is 0 Å². The topological polar surface area (TPSA) is 70.6 Å². The molecular formula is C10H13N3OS. The lowest BCUT2D eigenvalue weighted by molar-refractivity contribution is 0.474. The number of phenolic OH excluding ortho intramolecular Hbond substituents is 1. The van der Waals surface area contributed by atoms with Crippen LogP contribution in [-0.4, -0.2) is 15.9 Å². The molecule has 0 heterocycles. The van der Waals surface area contributed by atoms with Crippen molar-refractivity contribution in [2.75, 3.05) is 0 Å². The fraction of sp³-hybridized carbons (Fsp3) is 0.200. The van der Waals surface area contributed by atoms with Crippen molar-refractivity contribution in [1.82, 2.24) is 5.43 Å². The highest BCUT2D eigenvalue weighted by molar-refractivity contribution is 7.80. The highest BCUT2D eigenvalue weighted by Gasteiger charge is 2.04. The molecule has 15 heavy (non-hydrogen) atoms. The van der Waals surface area contributed by atoms with E-state index < -0.39 is 0 Å². The van der Waals surface area contributed by atoms with Crippen LogP contribution in [0.4, 0.5) is 0 Å². The third kappa shape index (κ3) is 3.21. The monoisotopic (exact) mass is 223 g/mol. The van der Waals surface area contributed by atoms with Crippen LogP contribution >= 0.6 is 12.2 Å². The van der Waals surface area contributed by atoms with E-state index in [-0.39, 0.29) is 10.9 Å². The molecule has 4 N–H and O–H groups in total. The molecule has 0 radical (unpaired) electrons. The number of hydrazone groups is 1. The molecule has 0 amide bonds. The van der Waals surface area contributed by atoms with Crippen LogP contribution < -0.4 is 11.2 Å². The van der Waals surface area contributed by atoms with Crippen LogP contribution in [0.25, 0.3) is 0 Å². The van der Waals surface area contributed by atoms with Gasteiger partial charge in [-0.25, -0.2) is 0 Å². The molecule has 4 nitrogen and oxygen atoms in total. The van der Waals surface area contributed by atoms with E-state index in [1.807, 2.05) is 19.1 Å². The van der Waals surface area contributed by atoms with Crippen LogP contribution in [0.3, 0.4) is 0 Å². The maximum absolute atomic E-state index is 9.60. The molecule has 0 aliphatic rings. The maximum Gasteiger partial charge on any atom is 0.184 e. The zero-order valence-electron chi connectivity index (χ0n) is 8.61. The van der Waals surface area contributed by atoms with Gasteiger partial charge in [-0.15, -0.1) is 0 Å². The standard InChI is InChI=1S/C10H13N3OS/c1-6-3-4-9(14)8(5-6)7(2)12-13-10(11)15/h3-5,14H,1-2H3,(H3,11,13,15)/b12-7-. The first kappa shape index (κ1) is 11.5. The van der Waals surface area contributed by atoms with Crippen molar-refractivity contribution in [3.05, 3.63) is 29.3 Å². The van der Waals surface area contributed by atoms with Gasteiger partial charge in [0.25, 0.3) is 0 Å². The van der Waals surface area contributed by atoms with Gasteiger partial charge in [-0.2, -0.15) is 5.10 Å². The van der Waals surface area contributed by atoms with Crippen LogP contribution in [0.5, 0.6) is 5.75 Å². The minimum absolute atomic E-state index is 0.0986. The van der Waals surface area contributed by atoms with E-state index in [9.17, 15) is 5.11 Å². The molecule has 80 valence electrons. The first-order chi connectivity index (χ1) is 7.00. The fourth-order valence-corrected chi connectivity index (χ4v) is 1.18. The van der Waals surface area contributed by atoms with Crippen LogP contribution in [0.1, 0.15) is 18.1 Å². The number of thiocarbonyl (C=S) groups is 1. The van der Waals surface area contributed by atoms with Crippen LogP contribution in [0, 0.1) is 6.92 Å². The number of rotatable bonds is 2. The second kappa shape index (κ2) is 4.75. The van der Waals surface area contributed by atoms with Gasteiger partial charge in [0.15, 0.2) is 5.11 Å². The van der Waals surface area contributed by atoms with Crippen LogP contribution in [0.15, 0.2) is 23.3 Å².